The van der Waals surface area contributed by atoms with E-state index in [1.165, 1.54) is 20.0 Å². The van der Waals surface area contributed by atoms with E-state index >= 15 is 0 Å². The third kappa shape index (κ3) is 5.25. The van der Waals surface area contributed by atoms with Gasteiger partial charge in [0, 0.05) is 0 Å². The average Bonchev–Trinajstić information content (AvgIpc) is 2.24. The minimum absolute atomic E-state index is 0.132. The lowest BCUT2D eigenvalue weighted by Crippen LogP contribution is -2.50. The Morgan fingerprint density at radius 1 is 1.42 bits per heavy atom. The van der Waals surface area contributed by atoms with Crippen LogP contribution in [0.1, 0.15) is 13.8 Å². The van der Waals surface area contributed by atoms with Crippen LogP contribution in [0.2, 0.25) is 5.28 Å². The van der Waals surface area contributed by atoms with Crippen molar-refractivity contribution in [1.82, 2.24) is 20.5 Å². The highest BCUT2D eigenvalue weighted by molar-refractivity contribution is 6.28. The van der Waals surface area contributed by atoms with E-state index in [2.05, 4.69) is 20.5 Å². The molecule has 0 fully saturated rings. The molecule has 0 aliphatic heterocycles. The van der Waals surface area contributed by atoms with Gasteiger partial charge in [-0.25, -0.2) is 0 Å². The minimum Gasteiger partial charge on any atom is -0.355 e. The van der Waals surface area contributed by atoms with Crippen LogP contribution >= 0.6 is 11.6 Å². The number of halogens is 4. The Hall–Kier alpha value is -1.64. The van der Waals surface area contributed by atoms with Gasteiger partial charge < -0.3 is 10.6 Å². The molecule has 1 heterocycles. The number of carbonyl (C=O) groups is 1. The van der Waals surface area contributed by atoms with E-state index in [4.69, 9.17) is 11.6 Å². The molecule has 10 heteroatoms. The normalized spacial score (nSPS) is 12.1. The molecule has 0 aliphatic rings. The Morgan fingerprint density at radius 2 is 2.05 bits per heavy atom. The number of hydrogen-bond acceptors (Lipinski definition) is 5. The number of carbonyl (C=O) groups excluding carboxylic acids is 1. The molecule has 6 nitrogen and oxygen atoms in total. The summed E-state index contributed by atoms with van der Waals surface area (Å²) in [4.78, 5) is 15.4. The van der Waals surface area contributed by atoms with E-state index in [-0.39, 0.29) is 11.1 Å². The molecule has 0 aromatic carbocycles. The fourth-order valence-electron chi connectivity index (χ4n) is 1.12. The van der Waals surface area contributed by atoms with Crippen LogP contribution in [-0.4, -0.2) is 39.3 Å². The van der Waals surface area contributed by atoms with E-state index in [1.807, 2.05) is 0 Å². The first-order valence-electron chi connectivity index (χ1n) is 5.08. The molecule has 0 unspecified atom stereocenters. The van der Waals surface area contributed by atoms with Crippen LogP contribution in [0.3, 0.4) is 0 Å². The zero-order valence-corrected chi connectivity index (χ0v) is 10.8. The first-order chi connectivity index (χ1) is 8.60. The van der Waals surface area contributed by atoms with Gasteiger partial charge >= 0.3 is 6.18 Å². The summed E-state index contributed by atoms with van der Waals surface area (Å²) in [7, 11) is 0. The monoisotopic (exact) mass is 297 g/mol. The Bertz CT molecular complexity index is 465. The van der Waals surface area contributed by atoms with Crippen LogP contribution in [0.15, 0.2) is 6.20 Å². The molecule has 1 rings (SSSR count). The first kappa shape index (κ1) is 15.4. The standard InChI is InChI=1S/C9H11ClF3N5O/c1-8(2,6(19)14-4-9(11,12)13)17-5-3-15-18-7(10)16-5/h3H,4H2,1-2H3,(H,14,19)(H,16,17,18). The molecule has 0 atom stereocenters. The lowest BCUT2D eigenvalue weighted by Gasteiger charge is -2.25. The number of nitrogens with zero attached hydrogens (tertiary/aromatic N) is 3. The van der Waals surface area contributed by atoms with Crippen molar-refractivity contribution in [1.29, 1.82) is 0 Å². The van der Waals surface area contributed by atoms with E-state index < -0.39 is 24.2 Å². The molecule has 19 heavy (non-hydrogen) atoms. The Labute approximate surface area is 111 Å². The third-order valence-electron chi connectivity index (χ3n) is 1.99. The maximum absolute atomic E-state index is 12.0. The van der Waals surface area contributed by atoms with Crippen molar-refractivity contribution in [2.24, 2.45) is 0 Å². The zero-order chi connectivity index (χ0) is 14.7. The predicted octanol–water partition coefficient (Wildman–Crippen LogP) is 1.39. The van der Waals surface area contributed by atoms with Gasteiger partial charge in [-0.3, -0.25) is 4.79 Å². The molecule has 1 amide bonds. The molecule has 2 N–H and O–H groups in total. The summed E-state index contributed by atoms with van der Waals surface area (Å²) in [6.07, 6.45) is -3.27. The maximum atomic E-state index is 12.0. The summed E-state index contributed by atoms with van der Waals surface area (Å²) in [5, 5.41) is 11.1. The van der Waals surface area contributed by atoms with Gasteiger partial charge in [0.25, 0.3) is 0 Å². The highest BCUT2D eigenvalue weighted by atomic mass is 35.5. The van der Waals surface area contributed by atoms with Crippen LogP contribution in [0.25, 0.3) is 0 Å². The van der Waals surface area contributed by atoms with Crippen molar-refractivity contribution in [3.63, 3.8) is 0 Å². The van der Waals surface area contributed by atoms with Gasteiger partial charge in [-0.15, -0.1) is 5.10 Å². The van der Waals surface area contributed by atoms with Crippen molar-refractivity contribution in [2.45, 2.75) is 25.6 Å². The van der Waals surface area contributed by atoms with Gasteiger partial charge in [0.2, 0.25) is 11.2 Å². The number of nitrogens with one attached hydrogen (secondary N) is 2. The lowest BCUT2D eigenvalue weighted by molar-refractivity contribution is -0.140. The highest BCUT2D eigenvalue weighted by Crippen LogP contribution is 2.15. The van der Waals surface area contributed by atoms with Crippen LogP contribution < -0.4 is 10.6 Å². The second-order valence-electron chi connectivity index (χ2n) is 4.16. The van der Waals surface area contributed by atoms with Gasteiger partial charge in [-0.05, 0) is 25.4 Å². The summed E-state index contributed by atoms with van der Waals surface area (Å²) in [6, 6.07) is 0. The van der Waals surface area contributed by atoms with E-state index in [9.17, 15) is 18.0 Å². The summed E-state index contributed by atoms with van der Waals surface area (Å²) in [6.45, 7) is 1.39. The molecular formula is C9H11ClF3N5O. The van der Waals surface area contributed by atoms with Crippen molar-refractivity contribution in [3.05, 3.63) is 11.5 Å². The number of alkyl halides is 3. The van der Waals surface area contributed by atoms with Gasteiger partial charge in [0.1, 0.15) is 12.1 Å². The Kier molecular flexibility index (Phi) is 4.51. The minimum atomic E-state index is -4.47. The van der Waals surface area contributed by atoms with Crippen LogP contribution in [0, 0.1) is 0 Å². The molecule has 0 aliphatic carbocycles. The largest absolute Gasteiger partial charge is 0.405 e. The number of rotatable bonds is 4. The van der Waals surface area contributed by atoms with Crippen LogP contribution in [-0.2, 0) is 4.79 Å². The van der Waals surface area contributed by atoms with Crippen LogP contribution in [0.5, 0.6) is 0 Å². The number of hydrogen-bond donors (Lipinski definition) is 2. The van der Waals surface area contributed by atoms with Gasteiger partial charge in [-0.2, -0.15) is 23.3 Å². The van der Waals surface area contributed by atoms with Gasteiger partial charge in [-0.1, -0.05) is 0 Å². The molecule has 1 aromatic rings. The van der Waals surface area contributed by atoms with Gasteiger partial charge in [0.05, 0.1) is 6.20 Å². The number of amides is 1. The first-order valence-corrected chi connectivity index (χ1v) is 5.46. The second-order valence-corrected chi connectivity index (χ2v) is 4.50. The summed E-state index contributed by atoms with van der Waals surface area (Å²) in [5.41, 5.74) is -1.31. The van der Waals surface area contributed by atoms with Crippen molar-refractivity contribution in [2.75, 3.05) is 11.9 Å². The van der Waals surface area contributed by atoms with E-state index in [0.29, 0.717) is 0 Å². The number of anilines is 1. The van der Waals surface area contributed by atoms with Crippen molar-refractivity contribution >= 4 is 23.3 Å². The third-order valence-corrected chi connectivity index (χ3v) is 2.15. The van der Waals surface area contributed by atoms with E-state index in [1.54, 1.807) is 5.32 Å². The summed E-state index contributed by atoms with van der Waals surface area (Å²) in [5.74, 6) is -0.702. The quantitative estimate of drug-likeness (QED) is 0.878. The summed E-state index contributed by atoms with van der Waals surface area (Å²) < 4.78 is 36.0. The van der Waals surface area contributed by atoms with Crippen LogP contribution in [0.4, 0.5) is 19.0 Å². The molecule has 0 radical (unpaired) electrons. The SMILES string of the molecule is CC(C)(Nc1cnnc(Cl)n1)C(=O)NCC(F)(F)F. The number of aromatic nitrogens is 3. The van der Waals surface area contributed by atoms with E-state index in [0.717, 1.165) is 0 Å². The molecule has 0 saturated heterocycles. The zero-order valence-electron chi connectivity index (χ0n) is 10.0. The Balaban J connectivity index is 2.67. The summed E-state index contributed by atoms with van der Waals surface area (Å²) >= 11 is 5.50. The van der Waals surface area contributed by atoms with Gasteiger partial charge in [0.15, 0.2) is 5.82 Å². The van der Waals surface area contributed by atoms with Crippen molar-refractivity contribution < 1.29 is 18.0 Å². The smallest absolute Gasteiger partial charge is 0.355 e. The fraction of sp³-hybridized carbons (Fsp3) is 0.556. The second kappa shape index (κ2) is 5.55. The maximum Gasteiger partial charge on any atom is 0.405 e. The predicted molar refractivity (Wildman–Crippen MR) is 61.6 cm³/mol. The molecule has 106 valence electrons. The average molecular weight is 298 g/mol. The fourth-order valence-corrected chi connectivity index (χ4v) is 1.26. The highest BCUT2D eigenvalue weighted by Gasteiger charge is 2.33. The molecule has 0 spiro atoms. The molecule has 0 bridgehead atoms. The Morgan fingerprint density at radius 3 is 2.58 bits per heavy atom. The molecule has 1 aromatic heterocycles. The lowest BCUT2D eigenvalue weighted by atomic mass is 10.0. The van der Waals surface area contributed by atoms with Crippen molar-refractivity contribution in [3.8, 4) is 0 Å². The molecular weight excluding hydrogens is 287 g/mol. The topological polar surface area (TPSA) is 79.8 Å². The molecule has 0 saturated carbocycles.